The minimum Gasteiger partial charge on any atom is -0.472 e. The zero-order chi connectivity index (χ0) is 23.0. The molecule has 3 aromatic carbocycles. The molecule has 0 aromatic heterocycles. The number of hydrogen-bond acceptors (Lipinski definition) is 5. The van der Waals surface area contributed by atoms with Gasteiger partial charge in [0.25, 0.3) is 0 Å². The van der Waals surface area contributed by atoms with Gasteiger partial charge in [0.1, 0.15) is 11.9 Å². The molecule has 0 spiro atoms. The Hall–Kier alpha value is -3.01. The fraction of sp³-hybridized carbons (Fsp3) is 0.250. The highest BCUT2D eigenvalue weighted by atomic mass is 35.5. The lowest BCUT2D eigenvalue weighted by Gasteiger charge is -2.40. The van der Waals surface area contributed by atoms with Crippen molar-refractivity contribution in [2.24, 2.45) is 0 Å². The van der Waals surface area contributed by atoms with Crippen LogP contribution in [0.2, 0.25) is 0 Å². The lowest BCUT2D eigenvalue weighted by molar-refractivity contribution is -0.0601. The number of piperazine rings is 1. The summed E-state index contributed by atoms with van der Waals surface area (Å²) in [5, 5.41) is 19.7. The van der Waals surface area contributed by atoms with Gasteiger partial charge in [-0.15, -0.1) is 24.8 Å². The van der Waals surface area contributed by atoms with Gasteiger partial charge in [0.15, 0.2) is 6.23 Å². The Bertz CT molecular complexity index is 1090. The first-order chi connectivity index (χ1) is 16.2. The van der Waals surface area contributed by atoms with Gasteiger partial charge in [0, 0.05) is 37.9 Å². The van der Waals surface area contributed by atoms with Crippen LogP contribution in [0.3, 0.4) is 0 Å². The maximum absolute atomic E-state index is 10.4. The average molecular weight is 512 g/mol. The molecule has 1 heterocycles. The predicted octanol–water partition coefficient (Wildman–Crippen LogP) is 5.39. The van der Waals surface area contributed by atoms with Crippen molar-refractivity contribution in [1.29, 1.82) is 5.26 Å². The molecule has 1 aliphatic rings. The third kappa shape index (κ3) is 7.24. The monoisotopic (exact) mass is 511 g/mol. The highest BCUT2D eigenvalue weighted by Crippen LogP contribution is 2.26. The Morgan fingerprint density at radius 2 is 1.40 bits per heavy atom. The summed E-state index contributed by atoms with van der Waals surface area (Å²) in [4.78, 5) is 4.56. The number of aliphatic hydroxyl groups is 1. The molecule has 184 valence electrons. The van der Waals surface area contributed by atoms with Gasteiger partial charge in [-0.2, -0.15) is 5.26 Å². The molecule has 0 aliphatic carbocycles. The van der Waals surface area contributed by atoms with Crippen molar-refractivity contribution in [3.05, 3.63) is 102 Å². The van der Waals surface area contributed by atoms with Crippen LogP contribution in [-0.2, 0) is 0 Å². The molecule has 35 heavy (non-hydrogen) atoms. The van der Waals surface area contributed by atoms with Gasteiger partial charge in [-0.05, 0) is 47.9 Å². The second-order valence-corrected chi connectivity index (χ2v) is 8.19. The molecule has 4 rings (SSSR count). The van der Waals surface area contributed by atoms with E-state index < -0.39 is 12.3 Å². The zero-order valence-corrected chi connectivity index (χ0v) is 21.3. The van der Waals surface area contributed by atoms with Gasteiger partial charge in [-0.25, -0.2) is 0 Å². The van der Waals surface area contributed by atoms with E-state index >= 15 is 0 Å². The Balaban J connectivity index is 0.00000216. The number of rotatable bonds is 7. The summed E-state index contributed by atoms with van der Waals surface area (Å²) in [5.74, 6) is 0.694. The van der Waals surface area contributed by atoms with Crippen LogP contribution in [0.4, 0.5) is 5.69 Å². The van der Waals surface area contributed by atoms with Crippen molar-refractivity contribution in [3.63, 3.8) is 0 Å². The summed E-state index contributed by atoms with van der Waals surface area (Å²) < 4.78 is 6.23. The first-order valence-corrected chi connectivity index (χ1v) is 11.3. The Morgan fingerprint density at radius 1 is 0.857 bits per heavy atom. The summed E-state index contributed by atoms with van der Waals surface area (Å²) in [6.07, 6.45) is 0.513. The van der Waals surface area contributed by atoms with Crippen LogP contribution in [0.25, 0.3) is 5.57 Å². The molecule has 2 atom stereocenters. The van der Waals surface area contributed by atoms with Gasteiger partial charge in [0.2, 0.25) is 0 Å². The number of hydrogen-bond donors (Lipinski definition) is 1. The van der Waals surface area contributed by atoms with E-state index in [1.165, 1.54) is 5.69 Å². The number of benzene rings is 3. The van der Waals surface area contributed by atoms with E-state index in [0.29, 0.717) is 5.75 Å². The minimum atomic E-state index is -0.633. The lowest BCUT2D eigenvalue weighted by Crippen LogP contribution is -2.55. The SMILES string of the molecule is CC(O)C(Oc1ccc(C(=CC#N)c2ccccc2)cc1)N1CCN(c2ccccc2)CC1.Cl.Cl. The third-order valence-electron chi connectivity index (χ3n) is 5.92. The van der Waals surface area contributed by atoms with E-state index in [-0.39, 0.29) is 24.8 Å². The normalized spacial score (nSPS) is 15.7. The molecule has 0 bridgehead atoms. The maximum Gasteiger partial charge on any atom is 0.178 e. The van der Waals surface area contributed by atoms with E-state index in [2.05, 4.69) is 40.1 Å². The van der Waals surface area contributed by atoms with E-state index in [4.69, 9.17) is 4.74 Å². The van der Waals surface area contributed by atoms with E-state index in [9.17, 15) is 10.4 Å². The number of para-hydroxylation sites is 1. The van der Waals surface area contributed by atoms with Crippen molar-refractivity contribution >= 4 is 36.1 Å². The van der Waals surface area contributed by atoms with Crippen LogP contribution in [0, 0.1) is 11.3 Å². The number of allylic oxidation sites excluding steroid dienone is 1. The molecule has 0 saturated carbocycles. The molecular formula is C28H31Cl2N3O2. The highest BCUT2D eigenvalue weighted by Gasteiger charge is 2.28. The molecule has 1 fully saturated rings. The topological polar surface area (TPSA) is 59.7 Å². The highest BCUT2D eigenvalue weighted by molar-refractivity contribution is 5.85. The summed E-state index contributed by atoms with van der Waals surface area (Å²) >= 11 is 0. The van der Waals surface area contributed by atoms with Gasteiger partial charge in [0.05, 0.1) is 6.07 Å². The molecular weight excluding hydrogens is 481 g/mol. The fourth-order valence-electron chi connectivity index (χ4n) is 4.22. The summed E-state index contributed by atoms with van der Waals surface area (Å²) in [6.45, 7) is 5.16. The smallest absolute Gasteiger partial charge is 0.178 e. The van der Waals surface area contributed by atoms with Crippen LogP contribution < -0.4 is 9.64 Å². The Labute approximate surface area is 220 Å². The van der Waals surface area contributed by atoms with Crippen LogP contribution >= 0.6 is 24.8 Å². The van der Waals surface area contributed by atoms with Gasteiger partial charge in [-0.1, -0.05) is 60.7 Å². The average Bonchev–Trinajstić information content (AvgIpc) is 2.87. The quantitative estimate of drug-likeness (QED) is 0.430. The predicted molar refractivity (Wildman–Crippen MR) is 146 cm³/mol. The first-order valence-electron chi connectivity index (χ1n) is 11.3. The minimum absolute atomic E-state index is 0. The van der Waals surface area contributed by atoms with Crippen LogP contribution in [0.5, 0.6) is 5.75 Å². The number of aliphatic hydroxyl groups excluding tert-OH is 1. The molecule has 0 radical (unpaired) electrons. The first kappa shape index (κ1) is 28.2. The second-order valence-electron chi connectivity index (χ2n) is 8.19. The van der Waals surface area contributed by atoms with Crippen LogP contribution in [0.15, 0.2) is 91.0 Å². The van der Waals surface area contributed by atoms with Crippen molar-refractivity contribution in [2.45, 2.75) is 19.3 Å². The van der Waals surface area contributed by atoms with E-state index in [0.717, 1.165) is 42.9 Å². The third-order valence-corrected chi connectivity index (χ3v) is 5.92. The number of ether oxygens (including phenoxy) is 1. The maximum atomic E-state index is 10.4. The standard InChI is InChI=1S/C28H29N3O2.2ClH/c1-22(32)28(31-20-18-30(19-21-31)25-10-6-3-7-11-25)33-26-14-12-24(13-15-26)27(16-17-29)23-8-4-2-5-9-23;;/h2-16,22,28,32H,18-21H2,1H3;2*1H. The van der Waals surface area contributed by atoms with Gasteiger partial charge >= 0.3 is 0 Å². The number of nitriles is 1. The fourth-order valence-corrected chi connectivity index (χ4v) is 4.22. The Morgan fingerprint density at radius 3 is 1.94 bits per heavy atom. The molecule has 1 aliphatic heterocycles. The summed E-state index contributed by atoms with van der Waals surface area (Å²) in [5.41, 5.74) is 4.03. The van der Waals surface area contributed by atoms with Gasteiger partial charge in [-0.3, -0.25) is 4.90 Å². The van der Waals surface area contributed by atoms with Crippen molar-refractivity contribution in [1.82, 2.24) is 4.90 Å². The molecule has 3 aromatic rings. The molecule has 0 amide bonds. The zero-order valence-electron chi connectivity index (χ0n) is 19.7. The largest absolute Gasteiger partial charge is 0.472 e. The Kier molecular flexibility index (Phi) is 11.1. The number of halogens is 2. The lowest BCUT2D eigenvalue weighted by atomic mass is 9.98. The van der Waals surface area contributed by atoms with Crippen molar-refractivity contribution in [3.8, 4) is 11.8 Å². The van der Waals surface area contributed by atoms with E-state index in [1.807, 2.05) is 60.7 Å². The molecule has 2 unspecified atom stereocenters. The van der Waals surface area contributed by atoms with Crippen LogP contribution in [-0.4, -0.2) is 48.5 Å². The molecule has 1 saturated heterocycles. The summed E-state index contributed by atoms with van der Waals surface area (Å²) in [7, 11) is 0. The summed E-state index contributed by atoms with van der Waals surface area (Å²) in [6, 6.07) is 30.1. The van der Waals surface area contributed by atoms with Crippen molar-refractivity contribution in [2.75, 3.05) is 31.1 Å². The number of nitrogens with zero attached hydrogens (tertiary/aromatic N) is 3. The van der Waals surface area contributed by atoms with Crippen molar-refractivity contribution < 1.29 is 9.84 Å². The molecule has 5 nitrogen and oxygen atoms in total. The molecule has 7 heteroatoms. The van der Waals surface area contributed by atoms with E-state index in [1.54, 1.807) is 13.0 Å². The molecule has 1 N–H and O–H groups in total. The van der Waals surface area contributed by atoms with Gasteiger partial charge < -0.3 is 14.7 Å². The number of anilines is 1. The second kappa shape index (κ2) is 13.8. The van der Waals surface area contributed by atoms with Crippen LogP contribution in [0.1, 0.15) is 18.1 Å².